The Hall–Kier alpha value is -3.38. The molecule has 2 N–H and O–H groups in total. The fraction of sp³-hybridized carbons (Fsp3) is 0.286. The van der Waals surface area contributed by atoms with Gasteiger partial charge >= 0.3 is 0 Å². The number of benzene rings is 2. The van der Waals surface area contributed by atoms with Crippen molar-refractivity contribution >= 4 is 32.9 Å². The molecule has 33 heavy (non-hydrogen) atoms. The number of nitrogens with zero attached hydrogens (tertiary/aromatic N) is 3. The molecule has 1 heterocycles. The number of sulfonamides is 1. The van der Waals surface area contributed by atoms with Crippen LogP contribution in [0.4, 0.5) is 8.78 Å². The van der Waals surface area contributed by atoms with Gasteiger partial charge in [-0.3, -0.25) is 20.4 Å². The molecule has 0 fully saturated rings. The number of halogens is 2. The Labute approximate surface area is 189 Å². The topological polar surface area (TPSA) is 113 Å². The summed E-state index contributed by atoms with van der Waals surface area (Å²) in [7, 11) is -1.01. The van der Waals surface area contributed by atoms with Crippen LogP contribution in [0.5, 0.6) is 0 Å². The minimum atomic E-state index is -3.75. The van der Waals surface area contributed by atoms with Crippen molar-refractivity contribution in [2.45, 2.75) is 24.8 Å². The normalized spacial score (nSPS) is 12.8. The number of carbonyl (C=O) groups is 2. The molecule has 176 valence electrons. The van der Waals surface area contributed by atoms with Gasteiger partial charge in [0.25, 0.3) is 11.8 Å². The lowest BCUT2D eigenvalue weighted by Gasteiger charge is -2.22. The monoisotopic (exact) mass is 479 g/mol. The number of carbonyl (C=O) groups excluding carboxylic acids is 2. The van der Waals surface area contributed by atoms with Crippen LogP contribution in [-0.4, -0.2) is 48.2 Å². The summed E-state index contributed by atoms with van der Waals surface area (Å²) in [4.78, 5) is 29.4. The third kappa shape index (κ3) is 4.86. The highest BCUT2D eigenvalue weighted by Crippen LogP contribution is 2.25. The van der Waals surface area contributed by atoms with Crippen molar-refractivity contribution in [2.75, 3.05) is 14.1 Å². The summed E-state index contributed by atoms with van der Waals surface area (Å²) in [6.45, 7) is 3.49. The zero-order chi connectivity index (χ0) is 24.5. The first-order chi connectivity index (χ1) is 15.4. The van der Waals surface area contributed by atoms with E-state index >= 15 is 0 Å². The molecule has 1 unspecified atom stereocenters. The predicted octanol–water partition coefficient (Wildman–Crippen LogP) is 2.22. The Morgan fingerprint density at radius 2 is 1.73 bits per heavy atom. The zero-order valence-electron chi connectivity index (χ0n) is 18.3. The van der Waals surface area contributed by atoms with Gasteiger partial charge in [-0.25, -0.2) is 26.5 Å². The SMILES string of the molecule is CC(C)C(C(=O)NNC(=O)c1cccc(S(=O)(=O)N(C)C)c1)n1cnc2cc(F)c(F)cc21. The zero-order valence-corrected chi connectivity index (χ0v) is 19.2. The molecule has 0 saturated carbocycles. The molecule has 1 aromatic heterocycles. The summed E-state index contributed by atoms with van der Waals surface area (Å²) in [5, 5.41) is 0. The number of aromatic nitrogens is 2. The van der Waals surface area contributed by atoms with Crippen molar-refractivity contribution in [2.24, 2.45) is 5.92 Å². The van der Waals surface area contributed by atoms with Gasteiger partial charge in [-0.2, -0.15) is 0 Å². The van der Waals surface area contributed by atoms with E-state index in [1.54, 1.807) is 13.8 Å². The summed E-state index contributed by atoms with van der Waals surface area (Å²) >= 11 is 0. The fourth-order valence-electron chi connectivity index (χ4n) is 3.27. The summed E-state index contributed by atoms with van der Waals surface area (Å²) in [6, 6.07) is 6.35. The lowest BCUT2D eigenvalue weighted by atomic mass is 10.0. The molecule has 2 amide bonds. The average molecular weight is 480 g/mol. The van der Waals surface area contributed by atoms with Gasteiger partial charge in [0.1, 0.15) is 6.04 Å². The van der Waals surface area contributed by atoms with Crippen LogP contribution in [0.3, 0.4) is 0 Å². The molecule has 0 aliphatic heterocycles. The smallest absolute Gasteiger partial charge is 0.269 e. The molecule has 12 heteroatoms. The van der Waals surface area contributed by atoms with Crippen LogP contribution in [0.2, 0.25) is 0 Å². The van der Waals surface area contributed by atoms with E-state index in [-0.39, 0.29) is 27.4 Å². The predicted molar refractivity (Wildman–Crippen MR) is 116 cm³/mol. The summed E-state index contributed by atoms with van der Waals surface area (Å²) in [6.07, 6.45) is 1.30. The number of hydrogen-bond donors (Lipinski definition) is 2. The second-order valence-electron chi connectivity index (χ2n) is 7.85. The van der Waals surface area contributed by atoms with Gasteiger partial charge in [0.05, 0.1) is 22.3 Å². The maximum atomic E-state index is 13.8. The van der Waals surface area contributed by atoms with E-state index in [0.717, 1.165) is 16.4 Å². The first-order valence-electron chi connectivity index (χ1n) is 9.88. The first-order valence-corrected chi connectivity index (χ1v) is 11.3. The molecule has 0 aliphatic carbocycles. The van der Waals surface area contributed by atoms with Crippen LogP contribution < -0.4 is 10.9 Å². The summed E-state index contributed by atoms with van der Waals surface area (Å²) < 4.78 is 54.2. The fourth-order valence-corrected chi connectivity index (χ4v) is 4.22. The third-order valence-electron chi connectivity index (χ3n) is 4.99. The Morgan fingerprint density at radius 3 is 2.36 bits per heavy atom. The van der Waals surface area contributed by atoms with Gasteiger partial charge in [0.15, 0.2) is 11.6 Å². The van der Waals surface area contributed by atoms with Gasteiger partial charge in [-0.1, -0.05) is 19.9 Å². The third-order valence-corrected chi connectivity index (χ3v) is 6.80. The summed E-state index contributed by atoms with van der Waals surface area (Å²) in [5.74, 6) is -3.79. The Morgan fingerprint density at radius 1 is 1.06 bits per heavy atom. The molecule has 0 saturated heterocycles. The standard InChI is InChI=1S/C21H23F2N5O4S/c1-12(2)19(28-11-24-17-9-15(22)16(23)10-18(17)28)21(30)26-25-20(29)13-6-5-7-14(8-13)33(31,32)27(3)4/h5-12,19H,1-4H3,(H,25,29)(H,26,30). The maximum Gasteiger partial charge on any atom is 0.269 e. The largest absolute Gasteiger partial charge is 0.317 e. The molecule has 2 aromatic carbocycles. The van der Waals surface area contributed by atoms with Crippen molar-refractivity contribution in [3.8, 4) is 0 Å². The van der Waals surface area contributed by atoms with Crippen molar-refractivity contribution in [3.63, 3.8) is 0 Å². The quantitative estimate of drug-likeness (QED) is 0.527. The van der Waals surface area contributed by atoms with E-state index in [4.69, 9.17) is 0 Å². The number of rotatable bonds is 6. The van der Waals surface area contributed by atoms with E-state index in [1.165, 1.54) is 49.3 Å². The van der Waals surface area contributed by atoms with Crippen LogP contribution in [0, 0.1) is 17.6 Å². The molecule has 0 bridgehead atoms. The van der Waals surface area contributed by atoms with E-state index in [2.05, 4.69) is 15.8 Å². The number of hydrogen-bond acceptors (Lipinski definition) is 5. The van der Waals surface area contributed by atoms with Gasteiger partial charge in [0.2, 0.25) is 10.0 Å². The molecular weight excluding hydrogens is 456 g/mol. The number of fused-ring (bicyclic) bond motifs is 1. The van der Waals surface area contributed by atoms with Crippen molar-refractivity contribution in [1.82, 2.24) is 24.7 Å². The van der Waals surface area contributed by atoms with E-state index < -0.39 is 39.5 Å². The van der Waals surface area contributed by atoms with Crippen LogP contribution in [-0.2, 0) is 14.8 Å². The lowest BCUT2D eigenvalue weighted by molar-refractivity contribution is -0.126. The van der Waals surface area contributed by atoms with Crippen LogP contribution in [0.25, 0.3) is 11.0 Å². The molecule has 0 radical (unpaired) electrons. The molecule has 3 rings (SSSR count). The van der Waals surface area contributed by atoms with Crippen LogP contribution in [0.1, 0.15) is 30.2 Å². The minimum Gasteiger partial charge on any atom is -0.317 e. The first kappa shape index (κ1) is 24.3. The summed E-state index contributed by atoms with van der Waals surface area (Å²) in [5.41, 5.74) is 4.98. The van der Waals surface area contributed by atoms with Gasteiger partial charge in [-0.05, 0) is 24.1 Å². The molecule has 9 nitrogen and oxygen atoms in total. The van der Waals surface area contributed by atoms with Gasteiger partial charge in [0, 0.05) is 31.8 Å². The number of imidazole rings is 1. The molecule has 3 aromatic rings. The highest BCUT2D eigenvalue weighted by Gasteiger charge is 2.27. The second-order valence-corrected chi connectivity index (χ2v) is 10.0. The average Bonchev–Trinajstić information content (AvgIpc) is 3.14. The van der Waals surface area contributed by atoms with Gasteiger partial charge < -0.3 is 4.57 Å². The Bertz CT molecular complexity index is 1320. The van der Waals surface area contributed by atoms with E-state index in [1.807, 2.05) is 0 Å². The lowest BCUT2D eigenvalue weighted by Crippen LogP contribution is -2.46. The van der Waals surface area contributed by atoms with Crippen LogP contribution >= 0.6 is 0 Å². The minimum absolute atomic E-state index is 0.0185. The molecule has 0 aliphatic rings. The number of hydrazine groups is 1. The Balaban J connectivity index is 1.81. The van der Waals surface area contributed by atoms with Crippen molar-refractivity contribution < 1.29 is 26.8 Å². The van der Waals surface area contributed by atoms with Gasteiger partial charge in [-0.15, -0.1) is 0 Å². The number of nitrogens with one attached hydrogen (secondary N) is 2. The van der Waals surface area contributed by atoms with Crippen LogP contribution in [0.15, 0.2) is 47.6 Å². The second kappa shape index (κ2) is 9.24. The molecule has 1 atom stereocenters. The van der Waals surface area contributed by atoms with Crippen molar-refractivity contribution in [1.29, 1.82) is 0 Å². The maximum absolute atomic E-state index is 13.8. The molecule has 0 spiro atoms. The highest BCUT2D eigenvalue weighted by molar-refractivity contribution is 7.89. The highest BCUT2D eigenvalue weighted by atomic mass is 32.2. The number of amides is 2. The molecular formula is C21H23F2N5O4S. The Kier molecular flexibility index (Phi) is 6.79. The van der Waals surface area contributed by atoms with E-state index in [0.29, 0.717) is 0 Å². The van der Waals surface area contributed by atoms with E-state index in [9.17, 15) is 26.8 Å². The van der Waals surface area contributed by atoms with Crippen molar-refractivity contribution in [3.05, 3.63) is 59.9 Å².